The predicted octanol–water partition coefficient (Wildman–Crippen LogP) is 4.45. The number of hydrogen-bond acceptors (Lipinski definition) is 6. The zero-order chi connectivity index (χ0) is 22.4. The molecule has 0 saturated heterocycles. The number of oxazole rings is 1. The maximum Gasteiger partial charge on any atom is 0.255 e. The first-order valence-corrected chi connectivity index (χ1v) is 11.5. The maximum absolute atomic E-state index is 13.0. The minimum atomic E-state index is -0.691. The monoisotopic (exact) mass is 441 g/mol. The molecular weight excluding hydrogens is 414 g/mol. The van der Waals surface area contributed by atoms with Gasteiger partial charge in [0.2, 0.25) is 5.91 Å². The van der Waals surface area contributed by atoms with Crippen LogP contribution in [0.5, 0.6) is 5.75 Å². The molecule has 2 amide bonds. The van der Waals surface area contributed by atoms with Gasteiger partial charge in [0.05, 0.1) is 12.7 Å². The molecule has 0 saturated carbocycles. The van der Waals surface area contributed by atoms with Crippen molar-refractivity contribution >= 4 is 40.4 Å². The normalized spacial score (nSPS) is 12.0. The molecule has 1 heterocycles. The van der Waals surface area contributed by atoms with Crippen LogP contribution in [0, 0.1) is 0 Å². The number of methoxy groups -OCH3 is 1. The van der Waals surface area contributed by atoms with E-state index in [0.29, 0.717) is 40.4 Å². The third kappa shape index (κ3) is 5.58. The largest absolute Gasteiger partial charge is 0.496 e. The number of fused-ring (bicyclic) bond motifs is 1. The summed E-state index contributed by atoms with van der Waals surface area (Å²) in [5.74, 6) is 1.37. The number of para-hydroxylation sites is 1. The Kier molecular flexibility index (Phi) is 7.57. The molecule has 164 valence electrons. The van der Waals surface area contributed by atoms with Crippen molar-refractivity contribution in [1.82, 2.24) is 10.3 Å². The van der Waals surface area contributed by atoms with Crippen molar-refractivity contribution in [1.29, 1.82) is 0 Å². The van der Waals surface area contributed by atoms with Gasteiger partial charge < -0.3 is 19.8 Å². The summed E-state index contributed by atoms with van der Waals surface area (Å²) in [6, 6.07) is 11.6. The molecule has 0 unspecified atom stereocenters. The zero-order valence-corrected chi connectivity index (χ0v) is 18.9. The molecule has 31 heavy (non-hydrogen) atoms. The Morgan fingerprint density at radius 1 is 1.19 bits per heavy atom. The van der Waals surface area contributed by atoms with E-state index in [2.05, 4.69) is 15.6 Å². The predicted molar refractivity (Wildman–Crippen MR) is 124 cm³/mol. The number of amides is 2. The number of benzene rings is 2. The van der Waals surface area contributed by atoms with Crippen molar-refractivity contribution in [2.45, 2.75) is 32.2 Å². The first kappa shape index (κ1) is 22.7. The highest BCUT2D eigenvalue weighted by molar-refractivity contribution is 7.98. The number of nitrogens with zero attached hydrogens (tertiary/aromatic N) is 1. The van der Waals surface area contributed by atoms with Gasteiger partial charge in [0.25, 0.3) is 5.91 Å². The number of carbonyl (C=O) groups excluding carboxylic acids is 2. The van der Waals surface area contributed by atoms with E-state index in [1.165, 1.54) is 7.11 Å². The standard InChI is InChI=1S/C23H27N3O4S/c1-14(2)23-26-18-13-15(9-10-20(18)30-23)24-22(28)17(11-12-31-4)25-21(27)16-7-5-6-8-19(16)29-3/h5-10,13-14,17H,11-12H2,1-4H3,(H,24,28)(H,25,27)/t17-/m1/s1. The third-order valence-electron chi connectivity index (χ3n) is 4.75. The van der Waals surface area contributed by atoms with E-state index in [4.69, 9.17) is 9.15 Å². The molecule has 1 aromatic heterocycles. The van der Waals surface area contributed by atoms with Crippen LogP contribution < -0.4 is 15.4 Å². The first-order chi connectivity index (χ1) is 14.9. The Hall–Kier alpha value is -3.00. The Labute approximate surface area is 185 Å². The molecule has 3 rings (SSSR count). The van der Waals surface area contributed by atoms with Gasteiger partial charge in [-0.3, -0.25) is 9.59 Å². The molecule has 0 bridgehead atoms. The number of hydrogen-bond donors (Lipinski definition) is 2. The number of ether oxygens (including phenoxy) is 1. The Balaban J connectivity index is 1.76. The van der Waals surface area contributed by atoms with Crippen molar-refractivity contribution in [2.24, 2.45) is 0 Å². The molecule has 0 fully saturated rings. The van der Waals surface area contributed by atoms with Crippen LogP contribution in [0.4, 0.5) is 5.69 Å². The first-order valence-electron chi connectivity index (χ1n) is 10.1. The molecule has 3 aromatic rings. The second kappa shape index (κ2) is 10.3. The fraction of sp³-hybridized carbons (Fsp3) is 0.348. The topological polar surface area (TPSA) is 93.5 Å². The van der Waals surface area contributed by atoms with Crippen molar-refractivity contribution < 1.29 is 18.7 Å². The average molecular weight is 442 g/mol. The van der Waals surface area contributed by atoms with Crippen molar-refractivity contribution in [3.63, 3.8) is 0 Å². The summed E-state index contributed by atoms with van der Waals surface area (Å²) in [5.41, 5.74) is 2.34. The Bertz CT molecular complexity index is 1060. The van der Waals surface area contributed by atoms with Gasteiger partial charge in [-0.15, -0.1) is 0 Å². The number of carbonyl (C=O) groups is 2. The fourth-order valence-corrected chi connectivity index (χ4v) is 3.54. The minimum Gasteiger partial charge on any atom is -0.496 e. The molecule has 2 N–H and O–H groups in total. The van der Waals surface area contributed by atoms with Crippen LogP contribution in [-0.4, -0.2) is 42.0 Å². The van der Waals surface area contributed by atoms with Crippen LogP contribution in [0.25, 0.3) is 11.1 Å². The number of rotatable bonds is 9. The van der Waals surface area contributed by atoms with E-state index in [0.717, 1.165) is 5.75 Å². The molecule has 0 radical (unpaired) electrons. The van der Waals surface area contributed by atoms with Gasteiger partial charge >= 0.3 is 0 Å². The van der Waals surface area contributed by atoms with E-state index < -0.39 is 6.04 Å². The van der Waals surface area contributed by atoms with Crippen LogP contribution in [0.3, 0.4) is 0 Å². The van der Waals surface area contributed by atoms with Gasteiger partial charge in [-0.25, -0.2) is 4.98 Å². The smallest absolute Gasteiger partial charge is 0.255 e. The zero-order valence-electron chi connectivity index (χ0n) is 18.1. The van der Waals surface area contributed by atoms with Crippen LogP contribution in [0.2, 0.25) is 0 Å². The molecule has 1 atom stereocenters. The number of anilines is 1. The molecule has 0 spiro atoms. The lowest BCUT2D eigenvalue weighted by Crippen LogP contribution is -2.44. The second-order valence-electron chi connectivity index (χ2n) is 7.39. The summed E-state index contributed by atoms with van der Waals surface area (Å²) in [5, 5.41) is 5.73. The molecule has 0 aliphatic carbocycles. The van der Waals surface area contributed by atoms with Crippen molar-refractivity contribution in [3.8, 4) is 5.75 Å². The van der Waals surface area contributed by atoms with E-state index in [1.54, 1.807) is 54.2 Å². The summed E-state index contributed by atoms with van der Waals surface area (Å²) >= 11 is 1.61. The molecule has 0 aliphatic heterocycles. The van der Waals surface area contributed by atoms with Gasteiger partial charge in [-0.2, -0.15) is 11.8 Å². The highest BCUT2D eigenvalue weighted by Crippen LogP contribution is 2.24. The Morgan fingerprint density at radius 2 is 1.97 bits per heavy atom. The highest BCUT2D eigenvalue weighted by Gasteiger charge is 2.23. The minimum absolute atomic E-state index is 0.173. The molecular formula is C23H27N3O4S. The van der Waals surface area contributed by atoms with Crippen LogP contribution >= 0.6 is 11.8 Å². The van der Waals surface area contributed by atoms with E-state index in [1.807, 2.05) is 20.1 Å². The van der Waals surface area contributed by atoms with Crippen LogP contribution in [-0.2, 0) is 4.79 Å². The molecule has 2 aromatic carbocycles. The number of aromatic nitrogens is 1. The molecule has 0 aliphatic rings. The van der Waals surface area contributed by atoms with E-state index in [-0.39, 0.29) is 17.7 Å². The number of thioether (sulfide) groups is 1. The third-order valence-corrected chi connectivity index (χ3v) is 5.39. The Morgan fingerprint density at radius 3 is 2.68 bits per heavy atom. The van der Waals surface area contributed by atoms with Gasteiger partial charge in [-0.1, -0.05) is 26.0 Å². The quantitative estimate of drug-likeness (QED) is 0.510. The lowest BCUT2D eigenvalue weighted by atomic mass is 10.1. The fourth-order valence-electron chi connectivity index (χ4n) is 3.07. The SMILES string of the molecule is COc1ccccc1C(=O)N[C@H](CCSC)C(=O)Nc1ccc2oc(C(C)C)nc2c1. The van der Waals surface area contributed by atoms with Crippen LogP contribution in [0.15, 0.2) is 46.9 Å². The second-order valence-corrected chi connectivity index (χ2v) is 8.37. The summed E-state index contributed by atoms with van der Waals surface area (Å²) in [6.07, 6.45) is 2.46. The number of nitrogens with one attached hydrogen (secondary N) is 2. The van der Waals surface area contributed by atoms with Gasteiger partial charge in [-0.05, 0) is 48.8 Å². The lowest BCUT2D eigenvalue weighted by Gasteiger charge is -2.19. The van der Waals surface area contributed by atoms with Crippen LogP contribution in [0.1, 0.15) is 42.4 Å². The summed E-state index contributed by atoms with van der Waals surface area (Å²) < 4.78 is 11.0. The molecule has 7 nitrogen and oxygen atoms in total. The maximum atomic E-state index is 13.0. The van der Waals surface area contributed by atoms with Gasteiger partial charge in [0.1, 0.15) is 17.3 Å². The van der Waals surface area contributed by atoms with Gasteiger partial charge in [0.15, 0.2) is 11.5 Å². The van der Waals surface area contributed by atoms with Crippen molar-refractivity contribution in [2.75, 3.05) is 24.4 Å². The van der Waals surface area contributed by atoms with Gasteiger partial charge in [0, 0.05) is 11.6 Å². The summed E-state index contributed by atoms with van der Waals surface area (Å²) in [4.78, 5) is 30.3. The molecule has 8 heteroatoms. The average Bonchev–Trinajstić information content (AvgIpc) is 3.20. The highest BCUT2D eigenvalue weighted by atomic mass is 32.2. The lowest BCUT2D eigenvalue weighted by molar-refractivity contribution is -0.118. The summed E-state index contributed by atoms with van der Waals surface area (Å²) in [7, 11) is 1.51. The van der Waals surface area contributed by atoms with E-state index >= 15 is 0 Å². The van der Waals surface area contributed by atoms with Crippen molar-refractivity contribution in [3.05, 3.63) is 53.9 Å². The van der Waals surface area contributed by atoms with E-state index in [9.17, 15) is 9.59 Å². The summed E-state index contributed by atoms with van der Waals surface area (Å²) in [6.45, 7) is 4.02.